The second-order valence-electron chi connectivity index (χ2n) is 6.49. The van der Waals surface area contributed by atoms with Crippen LogP contribution in [0.2, 0.25) is 5.02 Å². The number of ether oxygens (including phenoxy) is 1. The van der Waals surface area contributed by atoms with Gasteiger partial charge in [0.15, 0.2) is 0 Å². The number of nitrogens with one attached hydrogen (secondary N) is 2. The van der Waals surface area contributed by atoms with Crippen LogP contribution in [-0.4, -0.2) is 25.1 Å². The third-order valence-electron chi connectivity index (χ3n) is 4.28. The first kappa shape index (κ1) is 23.2. The van der Waals surface area contributed by atoms with E-state index in [9.17, 15) is 9.59 Å². The lowest BCUT2D eigenvalue weighted by atomic mass is 10.1. The molecule has 0 saturated heterocycles. The number of hydrogen-bond donors (Lipinski definition) is 2. The molecule has 162 valence electrons. The Morgan fingerprint density at radius 1 is 1.03 bits per heavy atom. The van der Waals surface area contributed by atoms with Gasteiger partial charge in [0.05, 0.1) is 23.9 Å². The monoisotopic (exact) mass is 511 g/mol. The average Bonchev–Trinajstić information content (AvgIpc) is 2.79. The highest BCUT2D eigenvalue weighted by Crippen LogP contribution is 2.21. The number of hydrogen-bond acceptors (Lipinski definition) is 4. The van der Waals surface area contributed by atoms with Gasteiger partial charge in [-0.3, -0.25) is 9.59 Å². The molecule has 32 heavy (non-hydrogen) atoms. The van der Waals surface area contributed by atoms with E-state index in [2.05, 4.69) is 31.8 Å². The molecule has 2 N–H and O–H groups in total. The van der Waals surface area contributed by atoms with Crippen LogP contribution in [0, 0.1) is 0 Å². The SMILES string of the molecule is COc1ccc(Br)cc1/C=N\NC(=O)/C(=C\c1ccccc1)NC(=O)c1ccccc1Cl. The number of amides is 2. The molecule has 0 spiro atoms. The number of hydrazone groups is 1. The summed E-state index contributed by atoms with van der Waals surface area (Å²) in [5, 5.41) is 6.91. The van der Waals surface area contributed by atoms with E-state index in [1.54, 1.807) is 49.6 Å². The number of carbonyl (C=O) groups is 2. The van der Waals surface area contributed by atoms with Crippen LogP contribution >= 0.6 is 27.5 Å². The van der Waals surface area contributed by atoms with Gasteiger partial charge in [-0.25, -0.2) is 5.43 Å². The van der Waals surface area contributed by atoms with Gasteiger partial charge in [-0.2, -0.15) is 5.10 Å². The molecule has 2 amide bonds. The third-order valence-corrected chi connectivity index (χ3v) is 5.11. The maximum atomic E-state index is 12.8. The first-order valence-electron chi connectivity index (χ1n) is 9.47. The van der Waals surface area contributed by atoms with E-state index < -0.39 is 11.8 Å². The number of halogens is 2. The summed E-state index contributed by atoms with van der Waals surface area (Å²) in [6, 6.07) is 21.1. The lowest BCUT2D eigenvalue weighted by Gasteiger charge is -2.10. The van der Waals surface area contributed by atoms with Crippen LogP contribution in [0.5, 0.6) is 5.75 Å². The second-order valence-corrected chi connectivity index (χ2v) is 7.81. The first-order chi connectivity index (χ1) is 15.5. The topological polar surface area (TPSA) is 79.8 Å². The van der Waals surface area contributed by atoms with Crippen molar-refractivity contribution in [3.05, 3.63) is 105 Å². The molecular formula is C24H19BrClN3O3. The highest BCUT2D eigenvalue weighted by atomic mass is 79.9. The highest BCUT2D eigenvalue weighted by Gasteiger charge is 2.16. The second kappa shape index (κ2) is 11.3. The minimum absolute atomic E-state index is 0.0134. The van der Waals surface area contributed by atoms with Crippen LogP contribution in [0.3, 0.4) is 0 Å². The van der Waals surface area contributed by atoms with Gasteiger partial charge in [0, 0.05) is 10.0 Å². The third kappa shape index (κ3) is 6.29. The van der Waals surface area contributed by atoms with Gasteiger partial charge in [0.2, 0.25) is 0 Å². The van der Waals surface area contributed by atoms with Gasteiger partial charge >= 0.3 is 0 Å². The Hall–Kier alpha value is -3.42. The van der Waals surface area contributed by atoms with Gasteiger partial charge in [0.25, 0.3) is 11.8 Å². The summed E-state index contributed by atoms with van der Waals surface area (Å²) in [6.07, 6.45) is 3.01. The molecule has 0 aliphatic carbocycles. The summed E-state index contributed by atoms with van der Waals surface area (Å²) in [7, 11) is 1.55. The summed E-state index contributed by atoms with van der Waals surface area (Å²) in [5.41, 5.74) is 4.10. The molecule has 3 aromatic rings. The fourth-order valence-corrected chi connectivity index (χ4v) is 3.34. The Bertz CT molecular complexity index is 1180. The molecule has 0 aliphatic rings. The van der Waals surface area contributed by atoms with Crippen LogP contribution in [-0.2, 0) is 4.79 Å². The number of methoxy groups -OCH3 is 1. The molecule has 0 aliphatic heterocycles. The Labute approximate surface area is 199 Å². The molecule has 0 aromatic heterocycles. The molecule has 6 nitrogen and oxygen atoms in total. The molecule has 3 aromatic carbocycles. The molecule has 8 heteroatoms. The van der Waals surface area contributed by atoms with E-state index in [0.717, 1.165) is 10.0 Å². The van der Waals surface area contributed by atoms with Crippen LogP contribution < -0.4 is 15.5 Å². The van der Waals surface area contributed by atoms with Crippen LogP contribution in [0.4, 0.5) is 0 Å². The number of carbonyl (C=O) groups excluding carboxylic acids is 2. The Balaban J connectivity index is 1.83. The van der Waals surface area contributed by atoms with Crippen LogP contribution in [0.15, 0.2) is 88.1 Å². The fraction of sp³-hybridized carbons (Fsp3) is 0.0417. The summed E-state index contributed by atoms with van der Waals surface area (Å²) >= 11 is 9.50. The Kier molecular flexibility index (Phi) is 8.19. The summed E-state index contributed by atoms with van der Waals surface area (Å²) < 4.78 is 6.13. The van der Waals surface area contributed by atoms with E-state index in [1.807, 2.05) is 36.4 Å². The number of nitrogens with zero attached hydrogens (tertiary/aromatic N) is 1. The van der Waals surface area contributed by atoms with Crippen molar-refractivity contribution >= 4 is 51.6 Å². The molecule has 0 bridgehead atoms. The zero-order chi connectivity index (χ0) is 22.9. The Morgan fingerprint density at radius 3 is 2.47 bits per heavy atom. The molecule has 0 heterocycles. The van der Waals surface area contributed by atoms with Crippen molar-refractivity contribution in [2.75, 3.05) is 7.11 Å². The molecule has 0 atom stereocenters. The smallest absolute Gasteiger partial charge is 0.287 e. The van der Waals surface area contributed by atoms with E-state index in [4.69, 9.17) is 16.3 Å². The van der Waals surface area contributed by atoms with Gasteiger partial charge in [-0.1, -0.05) is 70.0 Å². The molecule has 0 unspecified atom stereocenters. The maximum Gasteiger partial charge on any atom is 0.287 e. The largest absolute Gasteiger partial charge is 0.496 e. The lowest BCUT2D eigenvalue weighted by molar-refractivity contribution is -0.117. The van der Waals surface area contributed by atoms with E-state index in [-0.39, 0.29) is 16.3 Å². The zero-order valence-corrected chi connectivity index (χ0v) is 19.4. The number of benzene rings is 3. The van der Waals surface area contributed by atoms with E-state index in [0.29, 0.717) is 11.3 Å². The molecule has 0 saturated carbocycles. The van der Waals surface area contributed by atoms with Crippen LogP contribution in [0.25, 0.3) is 6.08 Å². The minimum Gasteiger partial charge on any atom is -0.496 e. The van der Waals surface area contributed by atoms with E-state index >= 15 is 0 Å². The van der Waals surface area contributed by atoms with Crippen molar-refractivity contribution in [3.63, 3.8) is 0 Å². The zero-order valence-electron chi connectivity index (χ0n) is 17.0. The Morgan fingerprint density at radius 2 is 1.75 bits per heavy atom. The quantitative estimate of drug-likeness (QED) is 0.265. The molecular weight excluding hydrogens is 494 g/mol. The average molecular weight is 513 g/mol. The van der Waals surface area contributed by atoms with Crippen molar-refractivity contribution in [2.45, 2.75) is 0 Å². The minimum atomic E-state index is -0.598. The summed E-state index contributed by atoms with van der Waals surface area (Å²) in [6.45, 7) is 0. The highest BCUT2D eigenvalue weighted by molar-refractivity contribution is 9.10. The van der Waals surface area contributed by atoms with Crippen molar-refractivity contribution in [3.8, 4) is 5.75 Å². The van der Waals surface area contributed by atoms with Crippen molar-refractivity contribution < 1.29 is 14.3 Å². The fourth-order valence-electron chi connectivity index (χ4n) is 2.74. The van der Waals surface area contributed by atoms with Gasteiger partial charge in [-0.15, -0.1) is 0 Å². The van der Waals surface area contributed by atoms with Crippen molar-refractivity contribution in [1.82, 2.24) is 10.7 Å². The number of rotatable bonds is 7. The predicted octanol–water partition coefficient (Wildman–Crippen LogP) is 5.03. The van der Waals surface area contributed by atoms with Gasteiger partial charge in [0.1, 0.15) is 11.4 Å². The van der Waals surface area contributed by atoms with Gasteiger partial charge in [-0.05, 0) is 42.0 Å². The molecule has 0 radical (unpaired) electrons. The normalized spacial score (nSPS) is 11.3. The predicted molar refractivity (Wildman–Crippen MR) is 130 cm³/mol. The van der Waals surface area contributed by atoms with E-state index in [1.165, 1.54) is 6.21 Å². The standard InChI is InChI=1S/C24H19BrClN3O3/c1-32-22-12-11-18(25)14-17(22)15-27-29-24(31)21(13-16-7-3-2-4-8-16)28-23(30)19-9-5-6-10-20(19)26/h2-15H,1H3,(H,28,30)(H,29,31)/b21-13+,27-15-. The first-order valence-corrected chi connectivity index (χ1v) is 10.6. The van der Waals surface area contributed by atoms with Gasteiger partial charge < -0.3 is 10.1 Å². The maximum absolute atomic E-state index is 12.8. The summed E-state index contributed by atoms with van der Waals surface area (Å²) in [5.74, 6) is -0.511. The van der Waals surface area contributed by atoms with Crippen molar-refractivity contribution in [2.24, 2.45) is 5.10 Å². The molecule has 0 fully saturated rings. The van der Waals surface area contributed by atoms with Crippen LogP contribution in [0.1, 0.15) is 21.5 Å². The van der Waals surface area contributed by atoms with Crippen molar-refractivity contribution in [1.29, 1.82) is 0 Å². The lowest BCUT2D eigenvalue weighted by Crippen LogP contribution is -2.33. The summed E-state index contributed by atoms with van der Waals surface area (Å²) in [4.78, 5) is 25.5. The molecule has 3 rings (SSSR count).